The predicted octanol–water partition coefficient (Wildman–Crippen LogP) is 2.91. The van der Waals surface area contributed by atoms with Gasteiger partial charge in [-0.25, -0.2) is 0 Å². The number of methoxy groups -OCH3 is 1. The van der Waals surface area contributed by atoms with Crippen molar-refractivity contribution in [2.45, 2.75) is 6.10 Å². The molecule has 140 valence electrons. The van der Waals surface area contributed by atoms with Crippen LogP contribution in [0.1, 0.15) is 0 Å². The van der Waals surface area contributed by atoms with Crippen molar-refractivity contribution in [3.63, 3.8) is 0 Å². The van der Waals surface area contributed by atoms with Gasteiger partial charge < -0.3 is 19.5 Å². The van der Waals surface area contributed by atoms with E-state index in [1.807, 2.05) is 42.5 Å². The Balaban J connectivity index is 1.41. The van der Waals surface area contributed by atoms with Crippen molar-refractivity contribution >= 4 is 17.3 Å². The second-order valence-electron chi connectivity index (χ2n) is 6.38. The van der Waals surface area contributed by atoms with Gasteiger partial charge in [0.15, 0.2) is 0 Å². The molecular weight excluding hydrogens is 352 g/mol. The summed E-state index contributed by atoms with van der Waals surface area (Å²) in [6.45, 7) is 4.46. The molecule has 0 aliphatic carbocycles. The molecule has 0 saturated carbocycles. The highest BCUT2D eigenvalue weighted by molar-refractivity contribution is 6.33. The molecule has 1 atom stereocenters. The minimum atomic E-state index is -0.524. The molecule has 5 nitrogen and oxygen atoms in total. The number of rotatable bonds is 7. The van der Waals surface area contributed by atoms with Gasteiger partial charge in [-0.3, -0.25) is 4.90 Å². The first-order valence-corrected chi connectivity index (χ1v) is 9.20. The van der Waals surface area contributed by atoms with Crippen LogP contribution in [0.5, 0.6) is 11.5 Å². The topological polar surface area (TPSA) is 45.2 Å². The van der Waals surface area contributed by atoms with Crippen LogP contribution in [0, 0.1) is 0 Å². The first-order chi connectivity index (χ1) is 12.7. The van der Waals surface area contributed by atoms with Crippen LogP contribution in [0.2, 0.25) is 5.02 Å². The molecule has 0 bridgehead atoms. The summed E-state index contributed by atoms with van der Waals surface area (Å²) in [5.41, 5.74) is 1.08. The highest BCUT2D eigenvalue weighted by Gasteiger charge is 2.20. The maximum absolute atomic E-state index is 10.3. The van der Waals surface area contributed by atoms with Gasteiger partial charge in [-0.15, -0.1) is 0 Å². The maximum atomic E-state index is 10.3. The SMILES string of the molecule is COc1ccc(OCC(O)CN2CCN(c3ccccc3Cl)CC2)cc1. The van der Waals surface area contributed by atoms with Crippen molar-refractivity contribution in [1.29, 1.82) is 0 Å². The first-order valence-electron chi connectivity index (χ1n) is 8.82. The van der Waals surface area contributed by atoms with Gasteiger partial charge in [0.05, 0.1) is 17.8 Å². The molecule has 2 aromatic rings. The van der Waals surface area contributed by atoms with Crippen molar-refractivity contribution < 1.29 is 14.6 Å². The molecule has 1 aliphatic heterocycles. The molecule has 26 heavy (non-hydrogen) atoms. The molecule has 0 amide bonds. The molecule has 1 saturated heterocycles. The van der Waals surface area contributed by atoms with E-state index in [2.05, 4.69) is 15.9 Å². The standard InChI is InChI=1S/C20H25ClN2O3/c1-25-17-6-8-18(9-7-17)26-15-16(24)14-22-10-12-23(13-11-22)20-5-3-2-4-19(20)21/h2-9,16,24H,10-15H2,1H3. The summed E-state index contributed by atoms with van der Waals surface area (Å²) in [5.74, 6) is 1.52. The molecule has 0 radical (unpaired) electrons. The number of β-amino-alcohol motifs (C(OH)–C–C–N with tert-alkyl or cyclic N) is 1. The fraction of sp³-hybridized carbons (Fsp3) is 0.400. The summed E-state index contributed by atoms with van der Waals surface area (Å²) in [6.07, 6.45) is -0.524. The lowest BCUT2D eigenvalue weighted by molar-refractivity contribution is 0.0663. The Labute approximate surface area is 159 Å². The molecule has 6 heteroatoms. The summed E-state index contributed by atoms with van der Waals surface area (Å²) in [4.78, 5) is 4.55. The molecule has 0 spiro atoms. The number of hydrogen-bond acceptors (Lipinski definition) is 5. The average molecular weight is 377 g/mol. The normalized spacial score (nSPS) is 16.3. The second kappa shape index (κ2) is 9.12. The highest BCUT2D eigenvalue weighted by atomic mass is 35.5. The summed E-state index contributed by atoms with van der Waals surface area (Å²) in [5, 5.41) is 11.1. The lowest BCUT2D eigenvalue weighted by Gasteiger charge is -2.37. The van der Waals surface area contributed by atoms with E-state index in [0.717, 1.165) is 48.4 Å². The van der Waals surface area contributed by atoms with Gasteiger partial charge >= 0.3 is 0 Å². The van der Waals surface area contributed by atoms with Crippen molar-refractivity contribution in [2.75, 3.05) is 51.3 Å². The van der Waals surface area contributed by atoms with Gasteiger partial charge in [0.2, 0.25) is 0 Å². The molecule has 2 aromatic carbocycles. The maximum Gasteiger partial charge on any atom is 0.119 e. The average Bonchev–Trinajstić information content (AvgIpc) is 2.68. The largest absolute Gasteiger partial charge is 0.497 e. The number of piperazine rings is 1. The summed E-state index contributed by atoms with van der Waals surface area (Å²) in [7, 11) is 1.63. The Bertz CT molecular complexity index is 688. The first kappa shape index (κ1) is 18.8. The Morgan fingerprint density at radius 1 is 1.00 bits per heavy atom. The summed E-state index contributed by atoms with van der Waals surface area (Å²) >= 11 is 6.28. The van der Waals surface area contributed by atoms with Gasteiger partial charge in [-0.1, -0.05) is 23.7 Å². The number of benzene rings is 2. The third-order valence-corrected chi connectivity index (χ3v) is 4.86. The Morgan fingerprint density at radius 2 is 1.65 bits per heavy atom. The van der Waals surface area contributed by atoms with E-state index in [1.165, 1.54) is 0 Å². The summed E-state index contributed by atoms with van der Waals surface area (Å²) < 4.78 is 10.8. The number of ether oxygens (including phenoxy) is 2. The molecule has 1 heterocycles. The van der Waals surface area contributed by atoms with E-state index in [9.17, 15) is 5.11 Å². The molecule has 1 fully saturated rings. The summed E-state index contributed by atoms with van der Waals surface area (Å²) in [6, 6.07) is 15.3. The fourth-order valence-electron chi connectivity index (χ4n) is 3.09. The number of aliphatic hydroxyl groups is 1. The minimum absolute atomic E-state index is 0.275. The third-order valence-electron chi connectivity index (χ3n) is 4.54. The minimum Gasteiger partial charge on any atom is -0.497 e. The van der Waals surface area contributed by atoms with Gasteiger partial charge in [-0.2, -0.15) is 0 Å². The van der Waals surface area contributed by atoms with E-state index in [0.29, 0.717) is 6.54 Å². The zero-order valence-corrected chi connectivity index (χ0v) is 15.7. The number of hydrogen-bond donors (Lipinski definition) is 1. The third kappa shape index (κ3) is 5.04. The smallest absolute Gasteiger partial charge is 0.119 e. The highest BCUT2D eigenvalue weighted by Crippen LogP contribution is 2.26. The number of aliphatic hydroxyl groups excluding tert-OH is 1. The quantitative estimate of drug-likeness (QED) is 0.805. The van der Waals surface area contributed by atoms with Crippen LogP contribution in [-0.4, -0.2) is 62.6 Å². The lowest BCUT2D eigenvalue weighted by atomic mass is 10.2. The predicted molar refractivity (Wildman–Crippen MR) is 105 cm³/mol. The van der Waals surface area contributed by atoms with Crippen LogP contribution in [-0.2, 0) is 0 Å². The van der Waals surface area contributed by atoms with Crippen molar-refractivity contribution in [3.8, 4) is 11.5 Å². The van der Waals surface area contributed by atoms with Gasteiger partial charge in [0, 0.05) is 32.7 Å². The van der Waals surface area contributed by atoms with Crippen molar-refractivity contribution in [1.82, 2.24) is 4.90 Å². The van der Waals surface area contributed by atoms with E-state index < -0.39 is 6.10 Å². The van der Waals surface area contributed by atoms with E-state index in [1.54, 1.807) is 7.11 Å². The Morgan fingerprint density at radius 3 is 2.31 bits per heavy atom. The van der Waals surface area contributed by atoms with Gasteiger partial charge in [-0.05, 0) is 36.4 Å². The van der Waals surface area contributed by atoms with Crippen LogP contribution in [0.15, 0.2) is 48.5 Å². The van der Waals surface area contributed by atoms with Crippen LogP contribution >= 0.6 is 11.6 Å². The molecular formula is C20H25ClN2O3. The second-order valence-corrected chi connectivity index (χ2v) is 6.79. The number of anilines is 1. The Hall–Kier alpha value is -1.95. The van der Waals surface area contributed by atoms with Crippen LogP contribution in [0.4, 0.5) is 5.69 Å². The van der Waals surface area contributed by atoms with Crippen LogP contribution in [0.3, 0.4) is 0 Å². The molecule has 1 unspecified atom stereocenters. The lowest BCUT2D eigenvalue weighted by Crippen LogP contribution is -2.49. The van der Waals surface area contributed by atoms with E-state index in [4.69, 9.17) is 21.1 Å². The van der Waals surface area contributed by atoms with E-state index >= 15 is 0 Å². The number of nitrogens with zero attached hydrogens (tertiary/aromatic N) is 2. The van der Waals surface area contributed by atoms with E-state index in [-0.39, 0.29) is 6.61 Å². The molecule has 1 aliphatic rings. The zero-order valence-electron chi connectivity index (χ0n) is 15.0. The van der Waals surface area contributed by atoms with Crippen molar-refractivity contribution in [3.05, 3.63) is 53.6 Å². The number of para-hydroxylation sites is 1. The molecule has 1 N–H and O–H groups in total. The van der Waals surface area contributed by atoms with Gasteiger partial charge in [0.25, 0.3) is 0 Å². The van der Waals surface area contributed by atoms with Gasteiger partial charge in [0.1, 0.15) is 24.2 Å². The van der Waals surface area contributed by atoms with Crippen LogP contribution in [0.25, 0.3) is 0 Å². The fourth-order valence-corrected chi connectivity index (χ4v) is 3.35. The Kier molecular flexibility index (Phi) is 6.61. The molecule has 3 rings (SSSR count). The van der Waals surface area contributed by atoms with Crippen LogP contribution < -0.4 is 14.4 Å². The number of halogens is 1. The molecule has 0 aromatic heterocycles. The zero-order chi connectivity index (χ0) is 18.4. The monoisotopic (exact) mass is 376 g/mol. The van der Waals surface area contributed by atoms with Crippen molar-refractivity contribution in [2.24, 2.45) is 0 Å².